The molecule has 0 radical (unpaired) electrons. The van der Waals surface area contributed by atoms with Gasteiger partial charge in [0.2, 0.25) is 5.91 Å². The van der Waals surface area contributed by atoms with Crippen LogP contribution in [0.25, 0.3) is 0 Å². The van der Waals surface area contributed by atoms with E-state index < -0.39 is 0 Å². The maximum atomic E-state index is 10.3. The highest BCUT2D eigenvalue weighted by atomic mass is 32.2. The Morgan fingerprint density at radius 1 is 1.55 bits per heavy atom. The van der Waals surface area contributed by atoms with E-state index in [4.69, 9.17) is 5.73 Å². The number of primary amides is 1. The van der Waals surface area contributed by atoms with Crippen LogP contribution in [-0.2, 0) is 4.79 Å². The van der Waals surface area contributed by atoms with Gasteiger partial charge in [-0.2, -0.15) is 11.8 Å². The highest BCUT2D eigenvalue weighted by molar-refractivity contribution is 7.98. The summed E-state index contributed by atoms with van der Waals surface area (Å²) in [4.78, 5) is 10.3. The van der Waals surface area contributed by atoms with Crippen LogP contribution in [0.1, 0.15) is 12.8 Å². The first-order valence-electron chi connectivity index (χ1n) is 3.75. The van der Waals surface area contributed by atoms with Crippen LogP contribution in [0.4, 0.5) is 0 Å². The zero-order valence-corrected chi connectivity index (χ0v) is 7.75. The van der Waals surface area contributed by atoms with E-state index in [-0.39, 0.29) is 5.91 Å². The maximum absolute atomic E-state index is 10.3. The van der Waals surface area contributed by atoms with Crippen molar-refractivity contribution < 1.29 is 4.79 Å². The first-order chi connectivity index (χ1) is 5.27. The van der Waals surface area contributed by atoms with Crippen LogP contribution in [0.3, 0.4) is 0 Å². The van der Waals surface area contributed by atoms with Crippen LogP contribution in [0.5, 0.6) is 0 Å². The van der Waals surface area contributed by atoms with Crippen molar-refractivity contribution in [3.05, 3.63) is 0 Å². The summed E-state index contributed by atoms with van der Waals surface area (Å²) in [6.45, 7) is 1.69. The molecule has 0 aliphatic heterocycles. The van der Waals surface area contributed by atoms with Gasteiger partial charge in [-0.05, 0) is 25.0 Å². The van der Waals surface area contributed by atoms with Crippen molar-refractivity contribution in [3.63, 3.8) is 0 Å². The van der Waals surface area contributed by atoms with E-state index in [1.54, 1.807) is 0 Å². The van der Waals surface area contributed by atoms with Gasteiger partial charge in [-0.3, -0.25) is 4.79 Å². The van der Waals surface area contributed by atoms with E-state index in [0.29, 0.717) is 13.0 Å². The molecule has 0 aromatic carbocycles. The first kappa shape index (κ1) is 10.8. The molecule has 0 aliphatic carbocycles. The van der Waals surface area contributed by atoms with Crippen LogP contribution in [0.2, 0.25) is 0 Å². The summed E-state index contributed by atoms with van der Waals surface area (Å²) in [6, 6.07) is 0. The molecule has 0 bridgehead atoms. The molecule has 0 unspecified atom stereocenters. The van der Waals surface area contributed by atoms with Gasteiger partial charge < -0.3 is 11.1 Å². The van der Waals surface area contributed by atoms with Gasteiger partial charge in [-0.15, -0.1) is 0 Å². The maximum Gasteiger partial charge on any atom is 0.218 e. The van der Waals surface area contributed by atoms with Gasteiger partial charge in [0.1, 0.15) is 0 Å². The van der Waals surface area contributed by atoms with Gasteiger partial charge >= 0.3 is 0 Å². The van der Waals surface area contributed by atoms with E-state index >= 15 is 0 Å². The Bertz CT molecular complexity index is 109. The third kappa shape index (κ3) is 9.78. The standard InChI is InChI=1S/C7H16N2OS/c1-11-6-2-4-9-5-3-7(8)10/h9H,2-6H2,1H3,(H2,8,10). The van der Waals surface area contributed by atoms with Gasteiger partial charge in [0.05, 0.1) is 0 Å². The lowest BCUT2D eigenvalue weighted by molar-refractivity contribution is -0.117. The summed E-state index contributed by atoms with van der Waals surface area (Å²) in [6.07, 6.45) is 3.68. The summed E-state index contributed by atoms with van der Waals surface area (Å²) in [7, 11) is 0. The number of rotatable bonds is 7. The van der Waals surface area contributed by atoms with Crippen molar-refractivity contribution in [2.24, 2.45) is 5.73 Å². The summed E-state index contributed by atoms with van der Waals surface area (Å²) in [5, 5.41) is 3.14. The van der Waals surface area contributed by atoms with Gasteiger partial charge in [0.25, 0.3) is 0 Å². The second-order valence-corrected chi connectivity index (χ2v) is 3.30. The summed E-state index contributed by atoms with van der Waals surface area (Å²) >= 11 is 1.83. The largest absolute Gasteiger partial charge is 0.370 e. The molecule has 3 N–H and O–H groups in total. The fourth-order valence-electron chi connectivity index (χ4n) is 0.678. The average Bonchev–Trinajstić information content (AvgIpc) is 1.96. The average molecular weight is 176 g/mol. The van der Waals surface area contributed by atoms with Crippen molar-refractivity contribution in [2.75, 3.05) is 25.1 Å². The highest BCUT2D eigenvalue weighted by Crippen LogP contribution is 1.92. The molecule has 66 valence electrons. The van der Waals surface area contributed by atoms with Crippen molar-refractivity contribution >= 4 is 17.7 Å². The molecule has 11 heavy (non-hydrogen) atoms. The zero-order chi connectivity index (χ0) is 8.53. The second-order valence-electron chi connectivity index (χ2n) is 2.31. The van der Waals surface area contributed by atoms with Crippen LogP contribution in [-0.4, -0.2) is 31.0 Å². The van der Waals surface area contributed by atoms with Gasteiger partial charge in [-0.25, -0.2) is 0 Å². The van der Waals surface area contributed by atoms with Gasteiger partial charge in [0.15, 0.2) is 0 Å². The molecule has 0 heterocycles. The molecular formula is C7H16N2OS. The molecule has 0 atom stereocenters. The Hall–Kier alpha value is -0.220. The van der Waals surface area contributed by atoms with E-state index in [1.165, 1.54) is 5.75 Å². The van der Waals surface area contributed by atoms with Gasteiger partial charge in [-0.1, -0.05) is 0 Å². The van der Waals surface area contributed by atoms with Crippen molar-refractivity contribution in [1.29, 1.82) is 0 Å². The normalized spacial score (nSPS) is 9.91. The molecule has 0 saturated heterocycles. The number of nitrogens with one attached hydrogen (secondary N) is 1. The number of hydrogen-bond donors (Lipinski definition) is 2. The molecule has 0 spiro atoms. The molecule has 1 amide bonds. The molecular weight excluding hydrogens is 160 g/mol. The minimum absolute atomic E-state index is 0.234. The number of carbonyl (C=O) groups excluding carboxylic acids is 1. The Balaban J connectivity index is 2.85. The molecule has 0 aromatic rings. The Kier molecular flexibility index (Phi) is 7.72. The quantitative estimate of drug-likeness (QED) is 0.545. The third-order valence-corrected chi connectivity index (χ3v) is 1.95. The van der Waals surface area contributed by atoms with Crippen LogP contribution in [0.15, 0.2) is 0 Å². The topological polar surface area (TPSA) is 55.1 Å². The minimum atomic E-state index is -0.234. The smallest absolute Gasteiger partial charge is 0.218 e. The van der Waals surface area contributed by atoms with E-state index in [1.807, 2.05) is 11.8 Å². The van der Waals surface area contributed by atoms with Crippen LogP contribution in [0, 0.1) is 0 Å². The van der Waals surface area contributed by atoms with E-state index in [2.05, 4.69) is 11.6 Å². The number of hydrogen-bond acceptors (Lipinski definition) is 3. The van der Waals surface area contributed by atoms with Crippen LogP contribution >= 0.6 is 11.8 Å². The zero-order valence-electron chi connectivity index (χ0n) is 6.93. The molecule has 0 aliphatic rings. The van der Waals surface area contributed by atoms with Gasteiger partial charge in [0, 0.05) is 13.0 Å². The Labute approximate surface area is 72.1 Å². The highest BCUT2D eigenvalue weighted by Gasteiger charge is 1.92. The molecule has 0 rings (SSSR count). The van der Waals surface area contributed by atoms with E-state index in [0.717, 1.165) is 13.0 Å². The summed E-state index contributed by atoms with van der Waals surface area (Å²) < 4.78 is 0. The first-order valence-corrected chi connectivity index (χ1v) is 5.14. The van der Waals surface area contributed by atoms with Crippen molar-refractivity contribution in [1.82, 2.24) is 5.32 Å². The molecule has 3 nitrogen and oxygen atoms in total. The third-order valence-electron chi connectivity index (χ3n) is 1.25. The second kappa shape index (κ2) is 7.88. The lowest BCUT2D eigenvalue weighted by Gasteiger charge is -2.00. The van der Waals surface area contributed by atoms with E-state index in [9.17, 15) is 4.79 Å². The summed E-state index contributed by atoms with van der Waals surface area (Å²) in [5.74, 6) is 0.936. The van der Waals surface area contributed by atoms with Crippen molar-refractivity contribution in [3.8, 4) is 0 Å². The molecule has 4 heteroatoms. The number of nitrogens with two attached hydrogens (primary N) is 1. The minimum Gasteiger partial charge on any atom is -0.370 e. The SMILES string of the molecule is CSCCCNCCC(N)=O. The fourth-order valence-corrected chi connectivity index (χ4v) is 1.11. The van der Waals surface area contributed by atoms with Crippen LogP contribution < -0.4 is 11.1 Å². The predicted molar refractivity (Wildman–Crippen MR) is 49.7 cm³/mol. The fraction of sp³-hybridized carbons (Fsp3) is 0.857. The Morgan fingerprint density at radius 3 is 2.82 bits per heavy atom. The summed E-state index contributed by atoms with van der Waals surface area (Å²) in [5.41, 5.74) is 4.95. The molecule has 0 aromatic heterocycles. The number of carbonyl (C=O) groups is 1. The molecule has 0 fully saturated rings. The molecule has 0 saturated carbocycles. The predicted octanol–water partition coefficient (Wildman–Crippen LogP) is 0.204. The van der Waals surface area contributed by atoms with Crippen molar-refractivity contribution in [2.45, 2.75) is 12.8 Å². The lowest BCUT2D eigenvalue weighted by atomic mass is 10.4. The number of amides is 1. The Morgan fingerprint density at radius 2 is 2.27 bits per heavy atom. The number of thioether (sulfide) groups is 1. The lowest BCUT2D eigenvalue weighted by Crippen LogP contribution is -2.22. The monoisotopic (exact) mass is 176 g/mol.